The normalized spacial score (nSPS) is 17.7. The molecule has 0 saturated carbocycles. The summed E-state index contributed by atoms with van der Waals surface area (Å²) in [4.78, 5) is 12.0. The molecule has 5 nitrogen and oxygen atoms in total. The maximum atomic E-state index is 13.2. The fourth-order valence-electron chi connectivity index (χ4n) is 2.87. The lowest BCUT2D eigenvalue weighted by atomic mass is 9.99. The van der Waals surface area contributed by atoms with Crippen LogP contribution in [0.25, 0.3) is 0 Å². The number of esters is 1. The topological polar surface area (TPSA) is 63.7 Å². The Morgan fingerprint density at radius 1 is 1.30 bits per heavy atom. The minimum Gasteiger partial charge on any atom is -0.465 e. The first-order valence-electron chi connectivity index (χ1n) is 7.25. The smallest absolute Gasteiger partial charge is 0.349 e. The van der Waals surface area contributed by atoms with Crippen molar-refractivity contribution >= 4 is 33.0 Å². The van der Waals surface area contributed by atoms with Crippen molar-refractivity contribution in [2.45, 2.75) is 30.7 Å². The molecule has 3 rings (SSSR count). The Hall–Kier alpha value is -1.86. The molecule has 0 bridgehead atoms. The van der Waals surface area contributed by atoms with Crippen LogP contribution in [0.2, 0.25) is 0 Å². The van der Waals surface area contributed by atoms with E-state index in [1.54, 1.807) is 5.38 Å². The fourth-order valence-corrected chi connectivity index (χ4v) is 5.91. The zero-order chi connectivity index (χ0) is 16.6. The van der Waals surface area contributed by atoms with E-state index in [2.05, 4.69) is 0 Å². The summed E-state index contributed by atoms with van der Waals surface area (Å²) in [6.07, 6.45) is 1.59. The lowest BCUT2D eigenvalue weighted by Crippen LogP contribution is -2.42. The van der Waals surface area contributed by atoms with E-state index in [-0.39, 0.29) is 15.8 Å². The molecule has 0 spiro atoms. The second-order valence-electron chi connectivity index (χ2n) is 5.42. The number of fused-ring (bicyclic) bond motifs is 1. The van der Waals surface area contributed by atoms with Crippen molar-refractivity contribution in [1.82, 2.24) is 0 Å². The van der Waals surface area contributed by atoms with Gasteiger partial charge in [0.15, 0.2) is 0 Å². The van der Waals surface area contributed by atoms with E-state index in [1.807, 2.05) is 31.2 Å². The fraction of sp³-hybridized carbons (Fsp3) is 0.312. The van der Waals surface area contributed by atoms with Crippen LogP contribution in [0.4, 0.5) is 5.69 Å². The highest BCUT2D eigenvalue weighted by Gasteiger charge is 2.36. The minimum atomic E-state index is -3.82. The molecule has 1 aliphatic rings. The molecule has 0 saturated heterocycles. The van der Waals surface area contributed by atoms with Crippen molar-refractivity contribution in [3.63, 3.8) is 0 Å². The van der Waals surface area contributed by atoms with E-state index < -0.39 is 16.0 Å². The van der Waals surface area contributed by atoms with Gasteiger partial charge in [0.2, 0.25) is 0 Å². The number of carbonyl (C=O) groups excluding carboxylic acids is 1. The van der Waals surface area contributed by atoms with Crippen molar-refractivity contribution < 1.29 is 17.9 Å². The maximum Gasteiger partial charge on any atom is 0.349 e. The predicted octanol–water partition coefficient (Wildman–Crippen LogP) is 3.06. The van der Waals surface area contributed by atoms with E-state index in [0.29, 0.717) is 5.69 Å². The third kappa shape index (κ3) is 2.64. The summed E-state index contributed by atoms with van der Waals surface area (Å²) in [5.41, 5.74) is 1.69. The number of sulfonamides is 1. The molecule has 1 aromatic heterocycles. The summed E-state index contributed by atoms with van der Waals surface area (Å²) in [6.45, 7) is 1.89. The number of aryl methyl sites for hydroxylation is 1. The number of hydrogen-bond donors (Lipinski definition) is 0. The van der Waals surface area contributed by atoms with Crippen LogP contribution in [0.3, 0.4) is 0 Å². The molecule has 7 heteroatoms. The van der Waals surface area contributed by atoms with E-state index in [0.717, 1.165) is 29.7 Å². The largest absolute Gasteiger partial charge is 0.465 e. The zero-order valence-corrected chi connectivity index (χ0v) is 14.5. The number of thiophene rings is 1. The average molecular weight is 351 g/mol. The molecule has 0 aliphatic carbocycles. The van der Waals surface area contributed by atoms with Gasteiger partial charge in [0.05, 0.1) is 12.8 Å². The van der Waals surface area contributed by atoms with Gasteiger partial charge in [-0.1, -0.05) is 18.2 Å². The number of hydrogen-bond acceptors (Lipinski definition) is 5. The second kappa shape index (κ2) is 5.98. The highest BCUT2D eigenvalue weighted by Crippen LogP contribution is 2.37. The number of nitrogens with zero attached hydrogens (tertiary/aromatic N) is 1. The summed E-state index contributed by atoms with van der Waals surface area (Å²) in [6, 6.07) is 8.79. The van der Waals surface area contributed by atoms with Crippen LogP contribution in [0, 0.1) is 0 Å². The molecule has 0 fully saturated rings. The van der Waals surface area contributed by atoms with Gasteiger partial charge in [-0.2, -0.15) is 0 Å². The van der Waals surface area contributed by atoms with Gasteiger partial charge in [0, 0.05) is 6.04 Å². The van der Waals surface area contributed by atoms with E-state index >= 15 is 0 Å². The van der Waals surface area contributed by atoms with Gasteiger partial charge in [-0.05, 0) is 42.8 Å². The van der Waals surface area contributed by atoms with Gasteiger partial charge in [0.25, 0.3) is 10.0 Å². The number of methoxy groups -OCH3 is 1. The number of anilines is 1. The molecule has 1 atom stereocenters. The molecule has 2 aromatic rings. The first kappa shape index (κ1) is 16.0. The Bertz CT molecular complexity index is 841. The molecular formula is C16H17NO4S2. The number of ether oxygens (including phenoxy) is 1. The number of benzene rings is 1. The number of rotatable bonds is 3. The van der Waals surface area contributed by atoms with Gasteiger partial charge in [0.1, 0.15) is 9.77 Å². The Morgan fingerprint density at radius 3 is 2.78 bits per heavy atom. The molecule has 2 heterocycles. The van der Waals surface area contributed by atoms with Crippen LogP contribution in [-0.2, 0) is 21.2 Å². The van der Waals surface area contributed by atoms with Crippen molar-refractivity contribution in [2.24, 2.45) is 0 Å². The minimum absolute atomic E-state index is 0.0119. The number of para-hydroxylation sites is 1. The molecule has 1 aliphatic heterocycles. The first-order valence-corrected chi connectivity index (χ1v) is 9.57. The SMILES string of the molecule is COC(=O)c1sccc1S(=O)(=O)N1c2ccccc2CCC1C. The van der Waals surface area contributed by atoms with Gasteiger partial charge in [-0.3, -0.25) is 4.31 Å². The Morgan fingerprint density at radius 2 is 2.04 bits per heavy atom. The highest BCUT2D eigenvalue weighted by molar-refractivity contribution is 7.93. The third-order valence-corrected chi connectivity index (χ3v) is 6.99. The first-order chi connectivity index (χ1) is 11.0. The average Bonchev–Trinajstić information content (AvgIpc) is 3.04. The summed E-state index contributed by atoms with van der Waals surface area (Å²) in [5, 5.41) is 1.60. The van der Waals surface area contributed by atoms with Crippen LogP contribution < -0.4 is 4.31 Å². The lowest BCUT2D eigenvalue weighted by molar-refractivity contribution is 0.0602. The predicted molar refractivity (Wildman–Crippen MR) is 89.5 cm³/mol. The van der Waals surface area contributed by atoms with E-state index in [1.165, 1.54) is 17.5 Å². The molecule has 0 N–H and O–H groups in total. The summed E-state index contributed by atoms with van der Waals surface area (Å²) >= 11 is 1.08. The summed E-state index contributed by atoms with van der Waals surface area (Å²) in [7, 11) is -2.58. The molecule has 1 unspecified atom stereocenters. The Labute approximate surface area is 139 Å². The molecule has 23 heavy (non-hydrogen) atoms. The number of carbonyl (C=O) groups is 1. The van der Waals surface area contributed by atoms with E-state index in [4.69, 9.17) is 4.74 Å². The van der Waals surface area contributed by atoms with Crippen molar-refractivity contribution in [3.05, 3.63) is 46.2 Å². The van der Waals surface area contributed by atoms with Crippen LogP contribution in [0.1, 0.15) is 28.6 Å². The van der Waals surface area contributed by atoms with Gasteiger partial charge < -0.3 is 4.74 Å². The Kier molecular flexibility index (Phi) is 4.16. The highest BCUT2D eigenvalue weighted by atomic mass is 32.2. The van der Waals surface area contributed by atoms with Crippen LogP contribution >= 0.6 is 11.3 Å². The zero-order valence-electron chi connectivity index (χ0n) is 12.9. The second-order valence-corrected chi connectivity index (χ2v) is 8.12. The molecule has 0 radical (unpaired) electrons. The standard InChI is InChI=1S/C16H17NO4S2/c1-11-7-8-12-5-3-4-6-13(12)17(11)23(19,20)14-9-10-22-15(14)16(18)21-2/h3-6,9-11H,7-8H2,1-2H3. The van der Waals surface area contributed by atoms with Crippen LogP contribution in [-0.4, -0.2) is 27.5 Å². The van der Waals surface area contributed by atoms with Crippen molar-refractivity contribution in [1.29, 1.82) is 0 Å². The molecule has 0 amide bonds. The lowest BCUT2D eigenvalue weighted by Gasteiger charge is -2.35. The summed E-state index contributed by atoms with van der Waals surface area (Å²) < 4.78 is 32.5. The molecule has 122 valence electrons. The molecule has 1 aromatic carbocycles. The molecular weight excluding hydrogens is 334 g/mol. The van der Waals surface area contributed by atoms with Crippen LogP contribution in [0.15, 0.2) is 40.6 Å². The monoisotopic (exact) mass is 351 g/mol. The van der Waals surface area contributed by atoms with Crippen molar-refractivity contribution in [3.8, 4) is 0 Å². The third-order valence-electron chi connectivity index (χ3n) is 4.00. The van der Waals surface area contributed by atoms with Crippen LogP contribution in [0.5, 0.6) is 0 Å². The Balaban J connectivity index is 2.14. The van der Waals surface area contributed by atoms with Gasteiger partial charge >= 0.3 is 5.97 Å². The van der Waals surface area contributed by atoms with Gasteiger partial charge in [-0.15, -0.1) is 11.3 Å². The summed E-state index contributed by atoms with van der Waals surface area (Å²) in [5.74, 6) is -0.628. The van der Waals surface area contributed by atoms with Crippen molar-refractivity contribution in [2.75, 3.05) is 11.4 Å². The quantitative estimate of drug-likeness (QED) is 0.797. The maximum absolute atomic E-state index is 13.2. The van der Waals surface area contributed by atoms with E-state index in [9.17, 15) is 13.2 Å². The van der Waals surface area contributed by atoms with Gasteiger partial charge in [-0.25, -0.2) is 13.2 Å².